The Labute approximate surface area is 152 Å². The van der Waals surface area contributed by atoms with Gasteiger partial charge < -0.3 is 10.5 Å². The van der Waals surface area contributed by atoms with Gasteiger partial charge in [-0.2, -0.15) is 0 Å². The summed E-state index contributed by atoms with van der Waals surface area (Å²) in [4.78, 5) is 41.9. The third-order valence-corrected chi connectivity index (χ3v) is 5.86. The van der Waals surface area contributed by atoms with Crippen molar-refractivity contribution in [3.63, 3.8) is 0 Å². The summed E-state index contributed by atoms with van der Waals surface area (Å²) in [6.45, 7) is 6.11. The van der Waals surface area contributed by atoms with Crippen molar-refractivity contribution in [1.82, 2.24) is 14.9 Å². The van der Waals surface area contributed by atoms with Crippen LogP contribution >= 0.6 is 23.1 Å². The van der Waals surface area contributed by atoms with Crippen LogP contribution in [0.2, 0.25) is 0 Å². The van der Waals surface area contributed by atoms with Crippen molar-refractivity contribution in [1.29, 1.82) is 0 Å². The molecule has 0 spiro atoms. The molecule has 2 aromatic rings. The van der Waals surface area contributed by atoms with Crippen LogP contribution in [-0.4, -0.2) is 40.5 Å². The van der Waals surface area contributed by atoms with Gasteiger partial charge in [-0.1, -0.05) is 11.8 Å². The van der Waals surface area contributed by atoms with Crippen molar-refractivity contribution < 1.29 is 14.3 Å². The topological polar surface area (TPSA) is 116 Å². The SMILES string of the molecule is COCCn1c(S[C@H](C)C(=O)NC(N)=O)nc2sc(C)c(C)c2c1=O. The Bertz CT molecular complexity index is 875. The molecule has 0 aliphatic rings. The first-order chi connectivity index (χ1) is 11.8. The second-order valence-corrected chi connectivity index (χ2v) is 7.93. The molecule has 0 aromatic carbocycles. The van der Waals surface area contributed by atoms with Gasteiger partial charge in [0.2, 0.25) is 5.91 Å². The number of aromatic nitrogens is 2. The fourth-order valence-electron chi connectivity index (χ4n) is 2.21. The van der Waals surface area contributed by atoms with E-state index in [9.17, 15) is 14.4 Å². The molecule has 3 N–H and O–H groups in total. The third-order valence-electron chi connectivity index (χ3n) is 3.67. The van der Waals surface area contributed by atoms with Gasteiger partial charge in [-0.3, -0.25) is 19.5 Å². The first-order valence-corrected chi connectivity index (χ1v) is 9.22. The van der Waals surface area contributed by atoms with Crippen LogP contribution in [0.1, 0.15) is 17.4 Å². The number of ether oxygens (including phenoxy) is 1. The standard InChI is InChI=1S/C15H20N4O4S2/c1-7-8(2)24-12-10(7)13(21)19(5-6-23-4)15(18-12)25-9(3)11(20)17-14(16)22/h9H,5-6H2,1-4H3,(H3,16,17,20,22)/t9-/m1/s1. The van der Waals surface area contributed by atoms with Gasteiger partial charge in [0.05, 0.1) is 23.8 Å². The summed E-state index contributed by atoms with van der Waals surface area (Å²) in [5.41, 5.74) is 5.73. The van der Waals surface area contributed by atoms with Crippen molar-refractivity contribution in [2.45, 2.75) is 37.7 Å². The van der Waals surface area contributed by atoms with Gasteiger partial charge in [-0.15, -0.1) is 11.3 Å². The fraction of sp³-hybridized carbons (Fsp3) is 0.467. The molecule has 0 aliphatic carbocycles. The highest BCUT2D eigenvalue weighted by Gasteiger charge is 2.22. The third kappa shape index (κ3) is 4.20. The monoisotopic (exact) mass is 384 g/mol. The zero-order chi connectivity index (χ0) is 18.7. The van der Waals surface area contributed by atoms with Gasteiger partial charge in [-0.25, -0.2) is 9.78 Å². The van der Waals surface area contributed by atoms with E-state index < -0.39 is 17.2 Å². The Morgan fingerprint density at radius 2 is 2.12 bits per heavy atom. The Balaban J connectivity index is 2.48. The van der Waals surface area contributed by atoms with Crippen LogP contribution in [0.25, 0.3) is 10.2 Å². The molecular formula is C15H20N4O4S2. The van der Waals surface area contributed by atoms with E-state index in [2.05, 4.69) is 4.98 Å². The van der Waals surface area contributed by atoms with Crippen molar-refractivity contribution in [3.05, 3.63) is 20.8 Å². The van der Waals surface area contributed by atoms with Gasteiger partial charge in [-0.05, 0) is 26.3 Å². The largest absolute Gasteiger partial charge is 0.383 e. The number of nitrogens with zero attached hydrogens (tertiary/aromatic N) is 2. The number of aryl methyl sites for hydroxylation is 2. The average molecular weight is 384 g/mol. The highest BCUT2D eigenvalue weighted by molar-refractivity contribution is 8.00. The highest BCUT2D eigenvalue weighted by atomic mass is 32.2. The molecule has 2 aromatic heterocycles. The number of hydrogen-bond acceptors (Lipinski definition) is 7. The van der Waals surface area contributed by atoms with E-state index >= 15 is 0 Å². The zero-order valence-corrected chi connectivity index (χ0v) is 16.0. The van der Waals surface area contributed by atoms with Crippen LogP contribution in [0.3, 0.4) is 0 Å². The average Bonchev–Trinajstić information content (AvgIpc) is 2.81. The number of fused-ring (bicyclic) bond motifs is 1. The maximum Gasteiger partial charge on any atom is 0.318 e. The van der Waals surface area contributed by atoms with E-state index in [4.69, 9.17) is 10.5 Å². The molecule has 2 heterocycles. The van der Waals surface area contributed by atoms with Gasteiger partial charge in [0.25, 0.3) is 5.56 Å². The Morgan fingerprint density at radius 1 is 1.44 bits per heavy atom. The molecular weight excluding hydrogens is 364 g/mol. The van der Waals surface area contributed by atoms with Crippen LogP contribution in [0.5, 0.6) is 0 Å². The quantitative estimate of drug-likeness (QED) is 0.574. The van der Waals surface area contributed by atoms with E-state index in [1.54, 1.807) is 14.0 Å². The van der Waals surface area contributed by atoms with E-state index in [1.165, 1.54) is 15.9 Å². The minimum Gasteiger partial charge on any atom is -0.383 e. The summed E-state index contributed by atoms with van der Waals surface area (Å²) in [5, 5.41) is 2.39. The number of carbonyl (C=O) groups is 2. The molecule has 3 amide bonds. The molecule has 0 unspecified atom stereocenters. The summed E-state index contributed by atoms with van der Waals surface area (Å²) in [5.74, 6) is -0.538. The van der Waals surface area contributed by atoms with Crippen LogP contribution < -0.4 is 16.6 Å². The number of hydrogen-bond donors (Lipinski definition) is 2. The molecule has 0 radical (unpaired) electrons. The van der Waals surface area contributed by atoms with Crippen LogP contribution in [-0.2, 0) is 16.1 Å². The van der Waals surface area contributed by atoms with Crippen molar-refractivity contribution in [3.8, 4) is 0 Å². The predicted molar refractivity (Wildman–Crippen MR) is 98.3 cm³/mol. The molecule has 136 valence electrons. The first-order valence-electron chi connectivity index (χ1n) is 7.52. The summed E-state index contributed by atoms with van der Waals surface area (Å²) in [6.07, 6.45) is 0. The lowest BCUT2D eigenvalue weighted by atomic mass is 10.2. The number of thiophene rings is 1. The molecule has 0 bridgehead atoms. The Hall–Kier alpha value is -1.91. The Morgan fingerprint density at radius 3 is 2.72 bits per heavy atom. The Kier molecular flexibility index (Phi) is 6.20. The number of methoxy groups -OCH3 is 1. The number of rotatable bonds is 6. The number of nitrogens with two attached hydrogens (primary N) is 1. The molecule has 0 saturated carbocycles. The van der Waals surface area contributed by atoms with Gasteiger partial charge in [0.15, 0.2) is 5.16 Å². The fourth-order valence-corrected chi connectivity index (χ4v) is 4.22. The highest BCUT2D eigenvalue weighted by Crippen LogP contribution is 2.29. The molecule has 25 heavy (non-hydrogen) atoms. The second kappa shape index (κ2) is 7.98. The number of urea groups is 1. The lowest BCUT2D eigenvalue weighted by molar-refractivity contribution is -0.119. The second-order valence-electron chi connectivity index (χ2n) is 5.42. The normalized spacial score (nSPS) is 12.3. The lowest BCUT2D eigenvalue weighted by Crippen LogP contribution is -2.39. The molecule has 0 fully saturated rings. The first kappa shape index (κ1) is 19.4. The minimum atomic E-state index is -0.915. The van der Waals surface area contributed by atoms with Crippen LogP contribution in [0.4, 0.5) is 4.79 Å². The summed E-state index contributed by atoms with van der Waals surface area (Å²) >= 11 is 2.54. The summed E-state index contributed by atoms with van der Waals surface area (Å²) in [6, 6.07) is -0.915. The van der Waals surface area contributed by atoms with Gasteiger partial charge in [0.1, 0.15) is 4.83 Å². The van der Waals surface area contributed by atoms with E-state index in [0.717, 1.165) is 22.2 Å². The van der Waals surface area contributed by atoms with Crippen molar-refractivity contribution >= 4 is 45.3 Å². The van der Waals surface area contributed by atoms with Gasteiger partial charge in [0, 0.05) is 12.0 Å². The summed E-state index contributed by atoms with van der Waals surface area (Å²) in [7, 11) is 1.55. The number of thioether (sulfide) groups is 1. The zero-order valence-electron chi connectivity index (χ0n) is 14.4. The van der Waals surface area contributed by atoms with Crippen molar-refractivity contribution in [2.75, 3.05) is 13.7 Å². The summed E-state index contributed by atoms with van der Waals surface area (Å²) < 4.78 is 6.58. The van der Waals surface area contributed by atoms with Gasteiger partial charge >= 0.3 is 6.03 Å². The van der Waals surface area contributed by atoms with E-state index in [-0.39, 0.29) is 5.56 Å². The molecule has 0 aliphatic heterocycles. The minimum absolute atomic E-state index is 0.158. The van der Waals surface area contributed by atoms with E-state index in [1.807, 2.05) is 19.2 Å². The van der Waals surface area contributed by atoms with Crippen molar-refractivity contribution in [2.24, 2.45) is 5.73 Å². The number of imide groups is 1. The molecule has 1 atom stereocenters. The predicted octanol–water partition coefficient (Wildman–Crippen LogP) is 1.40. The number of carbonyl (C=O) groups excluding carboxylic acids is 2. The van der Waals surface area contributed by atoms with Crippen LogP contribution in [0.15, 0.2) is 9.95 Å². The molecule has 0 saturated heterocycles. The van der Waals surface area contributed by atoms with Crippen LogP contribution in [0, 0.1) is 13.8 Å². The molecule has 10 heteroatoms. The maximum absolute atomic E-state index is 12.9. The number of amides is 3. The number of nitrogens with one attached hydrogen (secondary N) is 1. The van der Waals surface area contributed by atoms with E-state index in [0.29, 0.717) is 28.5 Å². The smallest absolute Gasteiger partial charge is 0.318 e. The molecule has 8 nitrogen and oxygen atoms in total. The lowest BCUT2D eigenvalue weighted by Gasteiger charge is -2.14. The number of primary amides is 1. The maximum atomic E-state index is 12.9. The molecule has 2 rings (SSSR count).